The Morgan fingerprint density at radius 2 is 2.27 bits per heavy atom. The molecule has 1 aliphatic heterocycles. The summed E-state index contributed by atoms with van der Waals surface area (Å²) in [5.41, 5.74) is 7.75. The molecule has 7 heteroatoms. The van der Waals surface area contributed by atoms with Gasteiger partial charge in [-0.25, -0.2) is 0 Å². The van der Waals surface area contributed by atoms with Crippen molar-refractivity contribution in [2.24, 2.45) is 12.8 Å². The first-order valence-electron chi connectivity index (χ1n) is 7.43. The molecule has 0 spiro atoms. The fraction of sp³-hybridized carbons (Fsp3) is 0.533. The Balaban J connectivity index is 1.68. The molecule has 1 aromatic heterocycles. The molecule has 1 unspecified atom stereocenters. The zero-order valence-electron chi connectivity index (χ0n) is 12.6. The number of likely N-dealkylation sites (tertiary alicyclic amines) is 1. The van der Waals surface area contributed by atoms with E-state index in [0.29, 0.717) is 11.6 Å². The number of aliphatic hydroxyl groups is 1. The van der Waals surface area contributed by atoms with Crippen molar-refractivity contribution in [3.8, 4) is 0 Å². The quantitative estimate of drug-likeness (QED) is 0.836. The van der Waals surface area contributed by atoms with Gasteiger partial charge in [-0.1, -0.05) is 17.7 Å². The normalized spacial score (nSPS) is 23.0. The van der Waals surface area contributed by atoms with Gasteiger partial charge in [0, 0.05) is 38.3 Å². The van der Waals surface area contributed by atoms with Crippen molar-refractivity contribution in [3.63, 3.8) is 0 Å². The molecule has 1 fully saturated rings. The molecule has 1 aliphatic carbocycles. The maximum absolute atomic E-state index is 9.28. The molecule has 1 saturated heterocycles. The molecule has 1 aromatic rings. The number of allylic oxidation sites excluding steroid dienone is 1. The van der Waals surface area contributed by atoms with Gasteiger partial charge in [0.15, 0.2) is 0 Å². The summed E-state index contributed by atoms with van der Waals surface area (Å²) >= 11 is 6.24. The van der Waals surface area contributed by atoms with E-state index in [1.54, 1.807) is 10.9 Å². The molecule has 0 saturated carbocycles. The molecule has 0 radical (unpaired) electrons. The van der Waals surface area contributed by atoms with Gasteiger partial charge >= 0.3 is 0 Å². The van der Waals surface area contributed by atoms with E-state index in [0.717, 1.165) is 43.1 Å². The molecule has 3 N–H and O–H groups in total. The lowest BCUT2D eigenvalue weighted by atomic mass is 9.99. The predicted molar refractivity (Wildman–Crippen MR) is 85.3 cm³/mol. The largest absolute Gasteiger partial charge is 0.492 e. The zero-order chi connectivity index (χ0) is 15.7. The SMILES string of the molecule is Cn1ncc(Cl)c1C1=CC(N)CC=C1OCCN1CC(O)C1. The average molecular weight is 325 g/mol. The third-order valence-corrected chi connectivity index (χ3v) is 4.25. The van der Waals surface area contributed by atoms with Crippen molar-refractivity contribution >= 4 is 17.2 Å². The van der Waals surface area contributed by atoms with E-state index >= 15 is 0 Å². The van der Waals surface area contributed by atoms with Crippen LogP contribution in [0, 0.1) is 0 Å². The van der Waals surface area contributed by atoms with E-state index in [-0.39, 0.29) is 12.1 Å². The van der Waals surface area contributed by atoms with Crippen molar-refractivity contribution < 1.29 is 9.84 Å². The highest BCUT2D eigenvalue weighted by molar-refractivity contribution is 6.32. The Morgan fingerprint density at radius 3 is 2.91 bits per heavy atom. The fourth-order valence-electron chi connectivity index (χ4n) is 2.77. The molecular formula is C15H21ClN4O2. The summed E-state index contributed by atoms with van der Waals surface area (Å²) < 4.78 is 7.66. The van der Waals surface area contributed by atoms with Crippen LogP contribution in [-0.2, 0) is 11.8 Å². The summed E-state index contributed by atoms with van der Waals surface area (Å²) in [6.45, 7) is 2.82. The molecule has 120 valence electrons. The molecule has 3 rings (SSSR count). The first kappa shape index (κ1) is 15.6. The molecule has 6 nitrogen and oxygen atoms in total. The summed E-state index contributed by atoms with van der Waals surface area (Å²) in [5.74, 6) is 0.799. The van der Waals surface area contributed by atoms with E-state index < -0.39 is 0 Å². The summed E-state index contributed by atoms with van der Waals surface area (Å²) in [6, 6.07) is -0.0427. The average Bonchev–Trinajstić information content (AvgIpc) is 2.77. The van der Waals surface area contributed by atoms with E-state index in [2.05, 4.69) is 10.00 Å². The van der Waals surface area contributed by atoms with Crippen LogP contribution < -0.4 is 5.73 Å². The van der Waals surface area contributed by atoms with Gasteiger partial charge in [-0.2, -0.15) is 5.10 Å². The Bertz CT molecular complexity index is 585. The number of halogens is 1. The number of hydrogen-bond acceptors (Lipinski definition) is 5. The van der Waals surface area contributed by atoms with Crippen LogP contribution in [0.1, 0.15) is 12.1 Å². The lowest BCUT2D eigenvalue weighted by Crippen LogP contribution is -2.51. The number of hydrogen-bond donors (Lipinski definition) is 2. The Morgan fingerprint density at radius 1 is 1.50 bits per heavy atom. The predicted octanol–water partition coefficient (Wildman–Crippen LogP) is 0.765. The summed E-state index contributed by atoms with van der Waals surface area (Å²) in [7, 11) is 1.85. The second-order valence-electron chi connectivity index (χ2n) is 5.77. The number of ether oxygens (including phenoxy) is 1. The second-order valence-corrected chi connectivity index (χ2v) is 6.18. The van der Waals surface area contributed by atoms with Crippen molar-refractivity contribution in [3.05, 3.63) is 34.8 Å². The van der Waals surface area contributed by atoms with Gasteiger partial charge in [0.25, 0.3) is 0 Å². The van der Waals surface area contributed by atoms with E-state index in [1.807, 2.05) is 19.2 Å². The van der Waals surface area contributed by atoms with Gasteiger partial charge in [-0.05, 0) is 12.5 Å². The highest BCUT2D eigenvalue weighted by atomic mass is 35.5. The van der Waals surface area contributed by atoms with Gasteiger partial charge in [0.2, 0.25) is 0 Å². The van der Waals surface area contributed by atoms with Crippen molar-refractivity contribution in [1.29, 1.82) is 0 Å². The molecule has 2 aliphatic rings. The minimum atomic E-state index is -0.185. The molecule has 0 aromatic carbocycles. The number of rotatable bonds is 5. The molecule has 22 heavy (non-hydrogen) atoms. The third kappa shape index (κ3) is 3.20. The summed E-state index contributed by atoms with van der Waals surface area (Å²) in [6.07, 6.45) is 6.17. The highest BCUT2D eigenvalue weighted by Gasteiger charge is 2.25. The topological polar surface area (TPSA) is 76.5 Å². The van der Waals surface area contributed by atoms with Crippen LogP contribution in [0.25, 0.3) is 5.57 Å². The van der Waals surface area contributed by atoms with Gasteiger partial charge in [-0.15, -0.1) is 0 Å². The Hall–Kier alpha value is -1.34. The zero-order valence-corrected chi connectivity index (χ0v) is 13.3. The van der Waals surface area contributed by atoms with Crippen LogP contribution in [0.15, 0.2) is 24.1 Å². The van der Waals surface area contributed by atoms with Crippen molar-refractivity contribution in [1.82, 2.24) is 14.7 Å². The molecule has 0 amide bonds. The van der Waals surface area contributed by atoms with E-state index in [9.17, 15) is 5.11 Å². The summed E-state index contributed by atoms with van der Waals surface area (Å²) in [5, 5.41) is 14.0. The standard InChI is InChI=1S/C15H21ClN4O2/c1-19-15(13(16)7-18-19)12-6-10(17)2-3-14(12)22-5-4-20-8-11(21)9-20/h3,6-7,10-11,21H,2,4-5,8-9,17H2,1H3. The third-order valence-electron chi connectivity index (χ3n) is 3.97. The number of aliphatic hydroxyl groups excluding tert-OH is 1. The lowest BCUT2D eigenvalue weighted by Gasteiger charge is -2.35. The number of β-amino-alcohol motifs (C(OH)–C–C–N with tert-alkyl or cyclic N) is 1. The van der Waals surface area contributed by atoms with E-state index in [4.69, 9.17) is 22.1 Å². The van der Waals surface area contributed by atoms with Crippen molar-refractivity contribution in [2.75, 3.05) is 26.2 Å². The van der Waals surface area contributed by atoms with Crippen LogP contribution >= 0.6 is 11.6 Å². The molecular weight excluding hydrogens is 304 g/mol. The van der Waals surface area contributed by atoms with Crippen LogP contribution in [0.3, 0.4) is 0 Å². The molecule has 0 bridgehead atoms. The maximum atomic E-state index is 9.28. The number of aromatic nitrogens is 2. The van der Waals surface area contributed by atoms with Crippen LogP contribution in [0.2, 0.25) is 5.02 Å². The lowest BCUT2D eigenvalue weighted by molar-refractivity contribution is -0.00788. The Labute approximate surface area is 134 Å². The second kappa shape index (κ2) is 6.42. The summed E-state index contributed by atoms with van der Waals surface area (Å²) in [4.78, 5) is 2.15. The molecule has 2 heterocycles. The molecule has 1 atom stereocenters. The maximum Gasteiger partial charge on any atom is 0.124 e. The smallest absolute Gasteiger partial charge is 0.124 e. The van der Waals surface area contributed by atoms with Crippen LogP contribution in [0.5, 0.6) is 0 Å². The van der Waals surface area contributed by atoms with Crippen molar-refractivity contribution in [2.45, 2.75) is 18.6 Å². The Kier molecular flexibility index (Phi) is 4.54. The first-order valence-corrected chi connectivity index (χ1v) is 7.81. The van der Waals surface area contributed by atoms with Gasteiger partial charge in [-0.3, -0.25) is 9.58 Å². The van der Waals surface area contributed by atoms with Gasteiger partial charge in [0.1, 0.15) is 12.4 Å². The van der Waals surface area contributed by atoms with Gasteiger partial charge in [0.05, 0.1) is 23.0 Å². The minimum Gasteiger partial charge on any atom is -0.492 e. The monoisotopic (exact) mass is 324 g/mol. The first-order chi connectivity index (χ1) is 10.5. The number of aryl methyl sites for hydroxylation is 1. The highest BCUT2D eigenvalue weighted by Crippen LogP contribution is 2.32. The minimum absolute atomic E-state index is 0.0427. The van der Waals surface area contributed by atoms with Gasteiger partial charge < -0.3 is 15.6 Å². The number of nitrogens with zero attached hydrogens (tertiary/aromatic N) is 3. The van der Waals surface area contributed by atoms with Crippen LogP contribution in [0.4, 0.5) is 0 Å². The van der Waals surface area contributed by atoms with E-state index in [1.165, 1.54) is 0 Å². The fourth-order valence-corrected chi connectivity index (χ4v) is 3.04. The van der Waals surface area contributed by atoms with Crippen LogP contribution in [-0.4, -0.2) is 58.2 Å². The number of nitrogens with two attached hydrogens (primary N) is 1.